The molecular weight excluding hydrogens is 508 g/mol. The Bertz CT molecular complexity index is 1460. The number of hydrogen-bond donors (Lipinski definition) is 2. The standard InChI is InChI=1S/C33H33F2N3O2/c34-28-8-5-24(6-9-28)23-1-3-25(4-2-23)31(40)37-33-15-21-11-22(16-33)14-32(13-21,20-33)36-17-30(39)38-18-26-7-10-29(35)12-27(26)19-38/h1-10,12,21-22,36H,11,13-20H2,(H,37,40). The molecule has 1 aliphatic heterocycles. The smallest absolute Gasteiger partial charge is 0.251 e. The summed E-state index contributed by atoms with van der Waals surface area (Å²) < 4.78 is 26.9. The van der Waals surface area contributed by atoms with Crippen molar-refractivity contribution in [3.8, 4) is 11.1 Å². The highest BCUT2D eigenvalue weighted by atomic mass is 19.1. The fraction of sp³-hybridized carbons (Fsp3) is 0.394. The average Bonchev–Trinajstić information content (AvgIpc) is 3.35. The lowest BCUT2D eigenvalue weighted by Crippen LogP contribution is -2.69. The monoisotopic (exact) mass is 541 g/mol. The zero-order valence-electron chi connectivity index (χ0n) is 22.4. The molecule has 0 radical (unpaired) electrons. The van der Waals surface area contributed by atoms with Crippen LogP contribution in [0.1, 0.15) is 60.0 Å². The molecule has 40 heavy (non-hydrogen) atoms. The van der Waals surface area contributed by atoms with Gasteiger partial charge in [0.05, 0.1) is 6.54 Å². The summed E-state index contributed by atoms with van der Waals surface area (Å²) in [5.74, 6) is 0.488. The van der Waals surface area contributed by atoms with Crippen LogP contribution >= 0.6 is 0 Å². The summed E-state index contributed by atoms with van der Waals surface area (Å²) in [5.41, 5.74) is 3.93. The van der Waals surface area contributed by atoms with Crippen LogP contribution in [0.25, 0.3) is 11.1 Å². The van der Waals surface area contributed by atoms with Crippen molar-refractivity contribution in [2.75, 3.05) is 6.54 Å². The van der Waals surface area contributed by atoms with Gasteiger partial charge in [-0.1, -0.05) is 30.3 Å². The van der Waals surface area contributed by atoms with Gasteiger partial charge in [-0.15, -0.1) is 0 Å². The Morgan fingerprint density at radius 1 is 0.775 bits per heavy atom. The van der Waals surface area contributed by atoms with E-state index in [4.69, 9.17) is 0 Å². The number of benzene rings is 3. The van der Waals surface area contributed by atoms with E-state index in [1.54, 1.807) is 23.1 Å². The molecule has 2 atom stereocenters. The summed E-state index contributed by atoms with van der Waals surface area (Å²) in [6.45, 7) is 1.23. The third kappa shape index (κ3) is 4.70. The van der Waals surface area contributed by atoms with Crippen LogP contribution < -0.4 is 10.6 Å². The van der Waals surface area contributed by atoms with Gasteiger partial charge < -0.3 is 15.5 Å². The Labute approximate surface area is 233 Å². The van der Waals surface area contributed by atoms with Gasteiger partial charge >= 0.3 is 0 Å². The van der Waals surface area contributed by atoms with Gasteiger partial charge in [0.2, 0.25) is 5.91 Å². The van der Waals surface area contributed by atoms with Crippen LogP contribution in [0.4, 0.5) is 8.78 Å². The summed E-state index contributed by atoms with van der Waals surface area (Å²) >= 11 is 0. The molecular formula is C33H33F2N3O2. The fourth-order valence-electron chi connectivity index (χ4n) is 8.30. The van der Waals surface area contributed by atoms with Gasteiger partial charge in [-0.25, -0.2) is 8.78 Å². The first-order chi connectivity index (χ1) is 19.3. The molecule has 206 valence electrons. The van der Waals surface area contributed by atoms with Crippen molar-refractivity contribution in [3.63, 3.8) is 0 Å². The number of rotatable bonds is 6. The molecule has 7 heteroatoms. The van der Waals surface area contributed by atoms with Crippen molar-refractivity contribution in [2.24, 2.45) is 11.8 Å². The highest BCUT2D eigenvalue weighted by molar-refractivity contribution is 5.95. The zero-order valence-corrected chi connectivity index (χ0v) is 22.4. The third-order valence-corrected chi connectivity index (χ3v) is 9.62. The second-order valence-electron chi connectivity index (χ2n) is 12.6. The van der Waals surface area contributed by atoms with E-state index in [9.17, 15) is 18.4 Å². The predicted octanol–water partition coefficient (Wildman–Crippen LogP) is 5.59. The first kappa shape index (κ1) is 25.4. The molecule has 5 aliphatic rings. The lowest BCUT2D eigenvalue weighted by atomic mass is 9.50. The minimum absolute atomic E-state index is 0.0340. The Kier molecular flexibility index (Phi) is 6.04. The van der Waals surface area contributed by atoms with Crippen LogP contribution in [-0.4, -0.2) is 34.3 Å². The zero-order chi connectivity index (χ0) is 27.5. The van der Waals surface area contributed by atoms with Gasteiger partial charge in [0.15, 0.2) is 0 Å². The molecule has 1 heterocycles. The van der Waals surface area contributed by atoms with Crippen molar-refractivity contribution < 1.29 is 18.4 Å². The Balaban J connectivity index is 1.02. The molecule has 4 aliphatic carbocycles. The minimum atomic E-state index is -0.273. The van der Waals surface area contributed by atoms with Crippen LogP contribution in [0.2, 0.25) is 0 Å². The second-order valence-corrected chi connectivity index (χ2v) is 12.6. The van der Waals surface area contributed by atoms with Crippen LogP contribution in [-0.2, 0) is 17.9 Å². The minimum Gasteiger partial charge on any atom is -0.347 e. The predicted molar refractivity (Wildman–Crippen MR) is 148 cm³/mol. The van der Waals surface area contributed by atoms with E-state index in [0.29, 0.717) is 30.5 Å². The molecule has 5 nitrogen and oxygen atoms in total. The molecule has 0 spiro atoms. The van der Waals surface area contributed by atoms with E-state index in [1.807, 2.05) is 24.3 Å². The first-order valence-electron chi connectivity index (χ1n) is 14.3. The lowest BCUT2D eigenvalue weighted by molar-refractivity contribution is -0.132. The van der Waals surface area contributed by atoms with E-state index >= 15 is 0 Å². The molecule has 4 bridgehead atoms. The molecule has 3 aromatic rings. The molecule has 0 aromatic heterocycles. The second kappa shape index (κ2) is 9.51. The fourth-order valence-corrected chi connectivity index (χ4v) is 8.30. The van der Waals surface area contributed by atoms with Crippen molar-refractivity contribution in [3.05, 3.63) is 95.1 Å². The molecule has 8 rings (SSSR count). The molecule has 2 amide bonds. The van der Waals surface area contributed by atoms with Gasteiger partial charge in [0.25, 0.3) is 5.91 Å². The number of amides is 2. The van der Waals surface area contributed by atoms with E-state index in [0.717, 1.165) is 54.4 Å². The van der Waals surface area contributed by atoms with E-state index in [-0.39, 0.29) is 41.1 Å². The number of carbonyl (C=O) groups excluding carboxylic acids is 2. The molecule has 3 aromatic carbocycles. The van der Waals surface area contributed by atoms with Gasteiger partial charge in [0.1, 0.15) is 11.6 Å². The number of carbonyl (C=O) groups is 2. The van der Waals surface area contributed by atoms with Crippen molar-refractivity contribution in [1.29, 1.82) is 0 Å². The van der Waals surface area contributed by atoms with E-state index in [1.165, 1.54) is 30.7 Å². The quantitative estimate of drug-likeness (QED) is 0.428. The lowest BCUT2D eigenvalue weighted by Gasteiger charge is -2.62. The number of halogens is 2. The molecule has 4 saturated carbocycles. The van der Waals surface area contributed by atoms with Crippen LogP contribution in [0, 0.1) is 23.5 Å². The maximum absolute atomic E-state index is 13.6. The highest BCUT2D eigenvalue weighted by Gasteiger charge is 2.58. The Morgan fingerprint density at radius 3 is 2.08 bits per heavy atom. The normalized spacial score (nSPS) is 28.0. The van der Waals surface area contributed by atoms with Crippen LogP contribution in [0.5, 0.6) is 0 Å². The molecule has 4 fully saturated rings. The van der Waals surface area contributed by atoms with Crippen molar-refractivity contribution in [1.82, 2.24) is 15.5 Å². The summed E-state index contributed by atoms with van der Waals surface area (Å²) in [5, 5.41) is 7.10. The molecule has 0 saturated heterocycles. The Morgan fingerprint density at radius 2 is 1.38 bits per heavy atom. The summed E-state index contributed by atoms with van der Waals surface area (Å²) in [4.78, 5) is 28.4. The third-order valence-electron chi connectivity index (χ3n) is 9.62. The highest BCUT2D eigenvalue weighted by Crippen LogP contribution is 2.57. The molecule has 2 N–H and O–H groups in total. The summed E-state index contributed by atoms with van der Waals surface area (Å²) in [6.07, 6.45) is 6.04. The number of fused-ring (bicyclic) bond motifs is 1. The maximum Gasteiger partial charge on any atom is 0.251 e. The SMILES string of the molecule is O=C(NC12CC3CC(CC(NCC(=O)N4Cc5ccc(F)cc5C4)(C3)C1)C2)c1ccc(-c2ccc(F)cc2)cc1. The Hall–Kier alpha value is -3.58. The van der Waals surface area contributed by atoms with Crippen LogP contribution in [0.15, 0.2) is 66.7 Å². The van der Waals surface area contributed by atoms with Gasteiger partial charge in [-0.3, -0.25) is 9.59 Å². The van der Waals surface area contributed by atoms with Crippen LogP contribution in [0.3, 0.4) is 0 Å². The summed E-state index contributed by atoms with van der Waals surface area (Å²) in [6, 6.07) is 18.6. The largest absolute Gasteiger partial charge is 0.347 e. The molecule has 2 unspecified atom stereocenters. The van der Waals surface area contributed by atoms with Gasteiger partial charge in [-0.2, -0.15) is 0 Å². The summed E-state index contributed by atoms with van der Waals surface area (Å²) in [7, 11) is 0. The average molecular weight is 542 g/mol. The topological polar surface area (TPSA) is 61.4 Å². The van der Waals surface area contributed by atoms with Gasteiger partial charge in [0, 0.05) is 29.7 Å². The maximum atomic E-state index is 13.6. The van der Waals surface area contributed by atoms with Gasteiger partial charge in [-0.05, 0) is 109 Å². The van der Waals surface area contributed by atoms with E-state index in [2.05, 4.69) is 10.6 Å². The van der Waals surface area contributed by atoms with Crippen molar-refractivity contribution in [2.45, 2.75) is 62.7 Å². The van der Waals surface area contributed by atoms with E-state index < -0.39 is 0 Å². The number of hydrogen-bond acceptors (Lipinski definition) is 3. The number of nitrogens with zero attached hydrogens (tertiary/aromatic N) is 1. The first-order valence-corrected chi connectivity index (χ1v) is 14.3. The number of nitrogens with one attached hydrogen (secondary N) is 2. The van der Waals surface area contributed by atoms with Crippen molar-refractivity contribution >= 4 is 11.8 Å².